The van der Waals surface area contributed by atoms with Gasteiger partial charge in [-0.3, -0.25) is 4.79 Å². The Balaban J connectivity index is 1.99. The van der Waals surface area contributed by atoms with Crippen molar-refractivity contribution in [2.75, 3.05) is 7.11 Å². The zero-order chi connectivity index (χ0) is 18.3. The van der Waals surface area contributed by atoms with Crippen molar-refractivity contribution in [3.8, 4) is 17.6 Å². The average molecular weight is 337 g/mol. The summed E-state index contributed by atoms with van der Waals surface area (Å²) in [4.78, 5) is 12.3. The largest absolute Gasteiger partial charge is 0.497 e. The van der Waals surface area contributed by atoms with Crippen molar-refractivity contribution in [2.45, 2.75) is 26.0 Å². The summed E-state index contributed by atoms with van der Waals surface area (Å²) in [5, 5.41) is 0. The van der Waals surface area contributed by atoms with Crippen LogP contribution in [0.3, 0.4) is 0 Å². The van der Waals surface area contributed by atoms with Crippen LogP contribution in [0.25, 0.3) is 0 Å². The Bertz CT molecular complexity index is 755. The first-order valence-electron chi connectivity index (χ1n) is 8.09. The lowest BCUT2D eigenvalue weighted by atomic mass is 9.88. The lowest BCUT2D eigenvalue weighted by Crippen LogP contribution is -2.51. The number of benzene rings is 2. The summed E-state index contributed by atoms with van der Waals surface area (Å²) in [6.07, 6.45) is 0. The number of carbonyl (C=O) groups is 1. The van der Waals surface area contributed by atoms with Crippen molar-refractivity contribution in [3.63, 3.8) is 0 Å². The second-order valence-electron chi connectivity index (χ2n) is 6.06. The number of carbonyl (C=O) groups excluding carboxylic acids is 1. The van der Waals surface area contributed by atoms with Crippen molar-refractivity contribution >= 4 is 5.97 Å². The summed E-state index contributed by atoms with van der Waals surface area (Å²) in [6.45, 7) is 3.67. The fraction of sp³-hybridized carbons (Fsp3) is 0.286. The molecular weight excluding hydrogens is 314 g/mol. The summed E-state index contributed by atoms with van der Waals surface area (Å²) in [5.41, 5.74) is 6.75. The van der Waals surface area contributed by atoms with E-state index in [4.69, 9.17) is 15.2 Å². The molecule has 0 unspecified atom stereocenters. The van der Waals surface area contributed by atoms with Gasteiger partial charge >= 0.3 is 5.97 Å². The quantitative estimate of drug-likeness (QED) is 0.672. The van der Waals surface area contributed by atoms with Crippen LogP contribution in [-0.2, 0) is 16.1 Å². The topological polar surface area (TPSA) is 61.5 Å². The van der Waals surface area contributed by atoms with Gasteiger partial charge in [0.05, 0.1) is 7.11 Å². The molecule has 0 saturated heterocycles. The Morgan fingerprint density at radius 3 is 2.40 bits per heavy atom. The predicted octanol–water partition coefficient (Wildman–Crippen LogP) is 3.14. The van der Waals surface area contributed by atoms with Gasteiger partial charge in [0.25, 0.3) is 0 Å². The van der Waals surface area contributed by atoms with Crippen molar-refractivity contribution in [1.29, 1.82) is 0 Å². The van der Waals surface area contributed by atoms with E-state index >= 15 is 0 Å². The van der Waals surface area contributed by atoms with E-state index in [0.29, 0.717) is 0 Å². The third-order valence-electron chi connectivity index (χ3n) is 4.08. The molecular formula is C21H23NO3. The molecule has 0 radical (unpaired) electrons. The number of esters is 1. The van der Waals surface area contributed by atoms with Gasteiger partial charge in [-0.1, -0.05) is 42.2 Å². The zero-order valence-electron chi connectivity index (χ0n) is 14.8. The van der Waals surface area contributed by atoms with Gasteiger partial charge in [0.2, 0.25) is 0 Å². The average Bonchev–Trinajstić information content (AvgIpc) is 2.65. The molecule has 0 heterocycles. The van der Waals surface area contributed by atoms with E-state index in [1.54, 1.807) is 14.0 Å². The molecule has 2 N–H and O–H groups in total. The second kappa shape index (κ2) is 8.36. The normalized spacial score (nSPS) is 13.8. The van der Waals surface area contributed by atoms with Crippen molar-refractivity contribution in [2.24, 2.45) is 11.7 Å². The summed E-state index contributed by atoms with van der Waals surface area (Å²) in [6, 6.07) is 16.9. The molecule has 2 atom stereocenters. The summed E-state index contributed by atoms with van der Waals surface area (Å²) in [7, 11) is 1.61. The number of rotatable bonds is 5. The molecule has 0 spiro atoms. The third-order valence-corrected chi connectivity index (χ3v) is 4.08. The van der Waals surface area contributed by atoms with E-state index in [2.05, 4.69) is 11.8 Å². The highest BCUT2D eigenvalue weighted by Gasteiger charge is 2.35. The molecule has 0 amide bonds. The first kappa shape index (κ1) is 18.6. The lowest BCUT2D eigenvalue weighted by Gasteiger charge is -2.25. The van der Waals surface area contributed by atoms with E-state index in [1.807, 2.05) is 61.5 Å². The Morgan fingerprint density at radius 2 is 1.80 bits per heavy atom. The summed E-state index contributed by atoms with van der Waals surface area (Å²) < 4.78 is 10.5. The van der Waals surface area contributed by atoms with Crippen LogP contribution >= 0.6 is 0 Å². The molecule has 2 aromatic carbocycles. The first-order chi connectivity index (χ1) is 11.9. The Kier molecular flexibility index (Phi) is 6.21. The molecule has 130 valence electrons. The van der Waals surface area contributed by atoms with E-state index in [9.17, 15) is 4.79 Å². The molecule has 0 aliphatic heterocycles. The number of nitrogens with two attached hydrogens (primary N) is 1. The maximum atomic E-state index is 12.3. The van der Waals surface area contributed by atoms with E-state index < -0.39 is 11.5 Å². The maximum absolute atomic E-state index is 12.3. The molecule has 0 saturated carbocycles. The minimum atomic E-state index is -1.19. The van der Waals surface area contributed by atoms with Crippen LogP contribution < -0.4 is 10.5 Å². The fourth-order valence-corrected chi connectivity index (χ4v) is 2.07. The third kappa shape index (κ3) is 5.10. The fourth-order valence-electron chi connectivity index (χ4n) is 2.07. The monoisotopic (exact) mass is 337 g/mol. The zero-order valence-corrected chi connectivity index (χ0v) is 14.8. The lowest BCUT2D eigenvalue weighted by molar-refractivity contribution is -0.152. The number of hydrogen-bond donors (Lipinski definition) is 1. The Morgan fingerprint density at radius 1 is 1.16 bits per heavy atom. The summed E-state index contributed by atoms with van der Waals surface area (Å²) in [5.74, 6) is 6.02. The van der Waals surface area contributed by atoms with Crippen molar-refractivity contribution < 1.29 is 14.3 Å². The molecule has 0 fully saturated rings. The second-order valence-corrected chi connectivity index (χ2v) is 6.06. The molecule has 2 rings (SSSR count). The van der Waals surface area contributed by atoms with E-state index in [0.717, 1.165) is 16.9 Å². The first-order valence-corrected chi connectivity index (χ1v) is 8.09. The minimum Gasteiger partial charge on any atom is -0.497 e. The SMILES string of the molecule is COc1ccc(C#C[C@@H](C)[C@](C)(N)C(=O)OCc2ccccc2)cc1. The van der Waals surface area contributed by atoms with E-state index in [-0.39, 0.29) is 12.5 Å². The Labute approximate surface area is 149 Å². The molecule has 0 aromatic heterocycles. The minimum absolute atomic E-state index is 0.199. The molecule has 0 aliphatic carbocycles. The molecule has 4 heteroatoms. The standard InChI is InChI=1S/C21H23NO3/c1-16(9-10-17-11-13-19(24-3)14-12-17)21(2,22)20(23)25-15-18-7-5-4-6-8-18/h4-8,11-14,16H,15,22H2,1-3H3/t16-,21+/m1/s1. The van der Waals surface area contributed by atoms with Crippen LogP contribution in [0, 0.1) is 17.8 Å². The molecule has 2 aromatic rings. The maximum Gasteiger partial charge on any atom is 0.327 e. The van der Waals surface area contributed by atoms with Gasteiger partial charge in [-0.25, -0.2) is 0 Å². The molecule has 25 heavy (non-hydrogen) atoms. The van der Waals surface area contributed by atoms with Gasteiger partial charge in [-0.2, -0.15) is 0 Å². The van der Waals surface area contributed by atoms with Crippen LogP contribution in [-0.4, -0.2) is 18.6 Å². The van der Waals surface area contributed by atoms with Crippen LogP contribution in [0.2, 0.25) is 0 Å². The van der Waals surface area contributed by atoms with Crippen LogP contribution in [0.15, 0.2) is 54.6 Å². The molecule has 4 nitrogen and oxygen atoms in total. The van der Waals surface area contributed by atoms with Gasteiger partial charge in [0.1, 0.15) is 17.9 Å². The van der Waals surface area contributed by atoms with E-state index in [1.165, 1.54) is 0 Å². The van der Waals surface area contributed by atoms with Crippen molar-refractivity contribution in [3.05, 3.63) is 65.7 Å². The smallest absolute Gasteiger partial charge is 0.327 e. The van der Waals surface area contributed by atoms with Gasteiger partial charge in [-0.05, 0) is 43.7 Å². The number of hydrogen-bond acceptors (Lipinski definition) is 4. The van der Waals surface area contributed by atoms with Gasteiger partial charge < -0.3 is 15.2 Å². The van der Waals surface area contributed by atoms with Crippen LogP contribution in [0.5, 0.6) is 5.75 Å². The molecule has 0 bridgehead atoms. The number of ether oxygens (including phenoxy) is 2. The Hall–Kier alpha value is -2.77. The van der Waals surface area contributed by atoms with Gasteiger partial charge in [0.15, 0.2) is 0 Å². The highest BCUT2D eigenvalue weighted by molar-refractivity contribution is 5.81. The van der Waals surface area contributed by atoms with Crippen molar-refractivity contribution in [1.82, 2.24) is 0 Å². The summed E-state index contributed by atoms with van der Waals surface area (Å²) >= 11 is 0. The van der Waals surface area contributed by atoms with Gasteiger partial charge in [0, 0.05) is 11.5 Å². The van der Waals surface area contributed by atoms with Gasteiger partial charge in [-0.15, -0.1) is 0 Å². The molecule has 0 aliphatic rings. The highest BCUT2D eigenvalue weighted by atomic mass is 16.5. The van der Waals surface area contributed by atoms with Crippen LogP contribution in [0.1, 0.15) is 25.0 Å². The highest BCUT2D eigenvalue weighted by Crippen LogP contribution is 2.17. The number of methoxy groups -OCH3 is 1. The predicted molar refractivity (Wildman–Crippen MR) is 97.9 cm³/mol. The van der Waals surface area contributed by atoms with Crippen LogP contribution in [0.4, 0.5) is 0 Å².